The third kappa shape index (κ3) is 3.59. The summed E-state index contributed by atoms with van der Waals surface area (Å²) in [5.41, 5.74) is 1.48. The first-order chi connectivity index (χ1) is 10.4. The Morgan fingerprint density at radius 1 is 1.41 bits per heavy atom. The molecule has 0 saturated carbocycles. The van der Waals surface area contributed by atoms with E-state index in [2.05, 4.69) is 10.5 Å². The van der Waals surface area contributed by atoms with E-state index in [4.69, 9.17) is 4.52 Å². The Kier molecular flexibility index (Phi) is 5.07. The molecule has 1 heterocycles. The number of carbonyl (C=O) groups excluding carboxylic acids is 1. The molecule has 0 fully saturated rings. The van der Waals surface area contributed by atoms with E-state index in [1.807, 2.05) is 0 Å². The molecule has 2 atom stereocenters. The summed E-state index contributed by atoms with van der Waals surface area (Å²) in [6, 6.07) is 5.85. The van der Waals surface area contributed by atoms with Crippen LogP contribution >= 0.6 is 0 Å². The molecule has 2 aromatic rings. The standard InChI is InChI=1S/C15H17FN2O3S/c1-9-12(10(2)21-18-9)8-22(20)11(3)15(19)17-14-7-5-4-6-13(14)16/h4-7,11H,8H2,1-3H3,(H,17,19)/t11-,22-/m1/s1. The number of benzene rings is 1. The predicted molar refractivity (Wildman–Crippen MR) is 82.3 cm³/mol. The first-order valence-electron chi connectivity index (χ1n) is 6.74. The predicted octanol–water partition coefficient (Wildman–Crippen LogP) is 2.71. The van der Waals surface area contributed by atoms with E-state index in [0.717, 1.165) is 5.56 Å². The summed E-state index contributed by atoms with van der Waals surface area (Å²) >= 11 is 0. The van der Waals surface area contributed by atoms with Gasteiger partial charge in [0.2, 0.25) is 5.91 Å². The molecule has 5 nitrogen and oxygen atoms in total. The first kappa shape index (κ1) is 16.4. The van der Waals surface area contributed by atoms with E-state index in [0.29, 0.717) is 11.5 Å². The lowest BCUT2D eigenvalue weighted by atomic mass is 10.2. The molecule has 2 rings (SSSR count). The van der Waals surface area contributed by atoms with Crippen LogP contribution in [-0.4, -0.2) is 20.5 Å². The number of halogens is 1. The van der Waals surface area contributed by atoms with Crippen LogP contribution in [0.4, 0.5) is 10.1 Å². The van der Waals surface area contributed by atoms with Gasteiger partial charge in [0.05, 0.1) is 17.1 Å². The Balaban J connectivity index is 2.04. The van der Waals surface area contributed by atoms with Crippen LogP contribution in [0.25, 0.3) is 0 Å². The van der Waals surface area contributed by atoms with E-state index < -0.39 is 27.8 Å². The van der Waals surface area contributed by atoms with Gasteiger partial charge in [0, 0.05) is 16.4 Å². The lowest BCUT2D eigenvalue weighted by molar-refractivity contribution is -0.115. The normalized spacial score (nSPS) is 13.6. The monoisotopic (exact) mass is 324 g/mol. The molecule has 1 N–H and O–H groups in total. The smallest absolute Gasteiger partial charge is 0.239 e. The third-order valence-corrected chi connectivity index (χ3v) is 4.94. The maximum absolute atomic E-state index is 13.5. The SMILES string of the molecule is Cc1noc(C)c1C[S@@](=O)[C@H](C)C(=O)Nc1ccccc1F. The summed E-state index contributed by atoms with van der Waals surface area (Å²) in [5, 5.41) is 5.46. The fourth-order valence-corrected chi connectivity index (χ4v) is 3.14. The second-order valence-electron chi connectivity index (χ2n) is 4.94. The molecule has 7 heteroatoms. The van der Waals surface area contributed by atoms with Gasteiger partial charge in [-0.2, -0.15) is 0 Å². The van der Waals surface area contributed by atoms with Crippen LogP contribution in [0.3, 0.4) is 0 Å². The fourth-order valence-electron chi connectivity index (χ4n) is 1.89. The van der Waals surface area contributed by atoms with Crippen LogP contribution in [0.1, 0.15) is 23.9 Å². The van der Waals surface area contributed by atoms with Gasteiger partial charge in [-0.1, -0.05) is 17.3 Å². The van der Waals surface area contributed by atoms with Crippen molar-refractivity contribution in [2.24, 2.45) is 0 Å². The minimum Gasteiger partial charge on any atom is -0.361 e. The van der Waals surface area contributed by atoms with Crippen molar-refractivity contribution in [2.45, 2.75) is 31.8 Å². The third-order valence-electron chi connectivity index (χ3n) is 3.36. The highest BCUT2D eigenvalue weighted by Crippen LogP contribution is 2.18. The minimum absolute atomic E-state index is 0.0775. The highest BCUT2D eigenvalue weighted by atomic mass is 32.2. The molecule has 0 unspecified atom stereocenters. The van der Waals surface area contributed by atoms with Crippen LogP contribution < -0.4 is 5.32 Å². The molecule has 0 radical (unpaired) electrons. The van der Waals surface area contributed by atoms with Crippen molar-refractivity contribution < 1.29 is 17.9 Å². The molecule has 1 aromatic carbocycles. The molecule has 118 valence electrons. The molecule has 1 aromatic heterocycles. The first-order valence-corrected chi connectivity index (χ1v) is 8.12. The zero-order valence-electron chi connectivity index (χ0n) is 12.6. The van der Waals surface area contributed by atoms with E-state index in [1.54, 1.807) is 26.8 Å². The molecule has 0 aliphatic carbocycles. The van der Waals surface area contributed by atoms with Gasteiger partial charge in [-0.25, -0.2) is 4.39 Å². The van der Waals surface area contributed by atoms with E-state index in [9.17, 15) is 13.4 Å². The molecular weight excluding hydrogens is 307 g/mol. The molecule has 0 aliphatic heterocycles. The Bertz CT molecular complexity index is 695. The Morgan fingerprint density at radius 3 is 2.68 bits per heavy atom. The van der Waals surface area contributed by atoms with Crippen LogP contribution in [0.2, 0.25) is 0 Å². The van der Waals surface area contributed by atoms with Crippen LogP contribution in [0.15, 0.2) is 28.8 Å². The summed E-state index contributed by atoms with van der Waals surface area (Å²) < 4.78 is 30.8. The topological polar surface area (TPSA) is 72.2 Å². The summed E-state index contributed by atoms with van der Waals surface area (Å²) in [4.78, 5) is 12.1. The molecule has 22 heavy (non-hydrogen) atoms. The Hall–Kier alpha value is -2.02. The minimum atomic E-state index is -1.46. The molecular formula is C15H17FN2O3S. The van der Waals surface area contributed by atoms with Gasteiger partial charge >= 0.3 is 0 Å². The summed E-state index contributed by atoms with van der Waals surface area (Å²) in [6.45, 7) is 5.04. The zero-order valence-corrected chi connectivity index (χ0v) is 13.4. The number of rotatable bonds is 5. The highest BCUT2D eigenvalue weighted by molar-refractivity contribution is 7.85. The van der Waals surface area contributed by atoms with E-state index in [-0.39, 0.29) is 11.4 Å². The van der Waals surface area contributed by atoms with Gasteiger partial charge in [-0.05, 0) is 32.9 Å². The molecule has 0 bridgehead atoms. The number of nitrogens with zero attached hydrogens (tertiary/aromatic N) is 1. The average Bonchev–Trinajstić information content (AvgIpc) is 2.80. The van der Waals surface area contributed by atoms with E-state index >= 15 is 0 Å². The van der Waals surface area contributed by atoms with Gasteiger partial charge in [-0.3, -0.25) is 9.00 Å². The summed E-state index contributed by atoms with van der Waals surface area (Å²) in [7, 11) is -1.46. The maximum atomic E-state index is 13.5. The maximum Gasteiger partial charge on any atom is 0.239 e. The number of anilines is 1. The van der Waals surface area contributed by atoms with Crippen LogP contribution in [0.5, 0.6) is 0 Å². The van der Waals surface area contributed by atoms with Crippen molar-refractivity contribution in [3.05, 3.63) is 47.1 Å². The Morgan fingerprint density at radius 2 is 2.09 bits per heavy atom. The van der Waals surface area contributed by atoms with Crippen LogP contribution in [0, 0.1) is 19.7 Å². The lowest BCUT2D eigenvalue weighted by Crippen LogP contribution is -2.30. The molecule has 0 aliphatic rings. The molecule has 0 saturated heterocycles. The number of para-hydroxylation sites is 1. The number of hydrogen-bond donors (Lipinski definition) is 1. The number of carbonyl (C=O) groups is 1. The van der Waals surface area contributed by atoms with Gasteiger partial charge in [0.25, 0.3) is 0 Å². The van der Waals surface area contributed by atoms with Gasteiger partial charge < -0.3 is 9.84 Å². The van der Waals surface area contributed by atoms with Crippen molar-refractivity contribution in [2.75, 3.05) is 5.32 Å². The van der Waals surface area contributed by atoms with Crippen molar-refractivity contribution in [1.29, 1.82) is 0 Å². The van der Waals surface area contributed by atoms with Crippen molar-refractivity contribution >= 4 is 22.4 Å². The second-order valence-corrected chi connectivity index (χ2v) is 6.70. The molecule has 0 spiro atoms. The largest absolute Gasteiger partial charge is 0.361 e. The van der Waals surface area contributed by atoms with Crippen molar-refractivity contribution in [3.8, 4) is 0 Å². The quantitative estimate of drug-likeness (QED) is 0.918. The number of nitrogens with one attached hydrogen (secondary N) is 1. The summed E-state index contributed by atoms with van der Waals surface area (Å²) in [5.74, 6) is -0.255. The number of aromatic nitrogens is 1. The number of hydrogen-bond acceptors (Lipinski definition) is 4. The summed E-state index contributed by atoms with van der Waals surface area (Å²) in [6.07, 6.45) is 0. The number of aryl methyl sites for hydroxylation is 2. The van der Waals surface area contributed by atoms with E-state index in [1.165, 1.54) is 18.2 Å². The van der Waals surface area contributed by atoms with Crippen molar-refractivity contribution in [1.82, 2.24) is 5.16 Å². The highest BCUT2D eigenvalue weighted by Gasteiger charge is 2.23. The fraction of sp³-hybridized carbons (Fsp3) is 0.333. The lowest BCUT2D eigenvalue weighted by Gasteiger charge is -2.12. The van der Waals surface area contributed by atoms with Gasteiger partial charge in [0.1, 0.15) is 16.8 Å². The Labute approximate surface area is 130 Å². The van der Waals surface area contributed by atoms with Gasteiger partial charge in [0.15, 0.2) is 0 Å². The van der Waals surface area contributed by atoms with Gasteiger partial charge in [-0.15, -0.1) is 0 Å². The van der Waals surface area contributed by atoms with Crippen LogP contribution in [-0.2, 0) is 21.3 Å². The number of amides is 1. The van der Waals surface area contributed by atoms with Crippen molar-refractivity contribution in [3.63, 3.8) is 0 Å². The second kappa shape index (κ2) is 6.83. The average molecular weight is 324 g/mol. The zero-order chi connectivity index (χ0) is 16.3. The molecule has 1 amide bonds.